The van der Waals surface area contributed by atoms with Gasteiger partial charge in [0.15, 0.2) is 12.2 Å². The Hall–Kier alpha value is -3.09. The Kier molecular flexibility index (Phi) is 6.20. The first-order valence-electron chi connectivity index (χ1n) is 12.8. The van der Waals surface area contributed by atoms with E-state index in [1.807, 2.05) is 0 Å². The third kappa shape index (κ3) is 3.86. The van der Waals surface area contributed by atoms with Crippen molar-refractivity contribution in [3.8, 4) is 0 Å². The van der Waals surface area contributed by atoms with E-state index in [-0.39, 0.29) is 5.56 Å². The summed E-state index contributed by atoms with van der Waals surface area (Å²) in [4.78, 5) is 43.9. The van der Waals surface area contributed by atoms with Crippen molar-refractivity contribution in [1.29, 1.82) is 0 Å². The first kappa shape index (κ1) is 26.1. The fourth-order valence-corrected chi connectivity index (χ4v) is 7.29. The predicted molar refractivity (Wildman–Crippen MR) is 141 cm³/mol. The summed E-state index contributed by atoms with van der Waals surface area (Å²) < 4.78 is 42.0. The van der Waals surface area contributed by atoms with Gasteiger partial charge in [-0.2, -0.15) is 9.58 Å². The molecule has 0 saturated carbocycles. The highest BCUT2D eigenvalue weighted by atomic mass is 79.9. The van der Waals surface area contributed by atoms with Crippen molar-refractivity contribution >= 4 is 50.2 Å². The number of hydrogen-bond donors (Lipinski definition) is 2. The van der Waals surface area contributed by atoms with Gasteiger partial charge in [-0.15, -0.1) is 0 Å². The van der Waals surface area contributed by atoms with Gasteiger partial charge < -0.3 is 10.2 Å². The number of benzene rings is 2. The van der Waals surface area contributed by atoms with Gasteiger partial charge in [0.1, 0.15) is 12.1 Å². The Balaban J connectivity index is 1.54. The second-order valence-corrected chi connectivity index (χ2v) is 11.5. The second kappa shape index (κ2) is 9.24. The smallest absolute Gasteiger partial charge is 0.326 e. The molecule has 204 valence electrons. The van der Waals surface area contributed by atoms with Crippen LogP contribution in [0.3, 0.4) is 0 Å². The number of carbonyl (C=O) groups is 3. The lowest BCUT2D eigenvalue weighted by atomic mass is 9.74. The van der Waals surface area contributed by atoms with E-state index in [4.69, 9.17) is 0 Å². The van der Waals surface area contributed by atoms with Crippen LogP contribution in [0.25, 0.3) is 10.9 Å². The molecule has 12 heteroatoms. The van der Waals surface area contributed by atoms with E-state index in [1.165, 1.54) is 0 Å². The molecule has 2 aromatic carbocycles. The minimum absolute atomic E-state index is 0.177. The number of amides is 3. The molecular weight excluding hydrogens is 579 g/mol. The van der Waals surface area contributed by atoms with Crippen molar-refractivity contribution in [3.63, 3.8) is 0 Å². The van der Waals surface area contributed by atoms with E-state index in [0.29, 0.717) is 52.6 Å². The quantitative estimate of drug-likeness (QED) is 0.348. The number of likely N-dealkylation sites (tertiary alicyclic amines) is 1. The van der Waals surface area contributed by atoms with Gasteiger partial charge in [0.2, 0.25) is 0 Å². The van der Waals surface area contributed by atoms with Crippen LogP contribution in [0.5, 0.6) is 0 Å². The molecule has 3 amide bonds. The fourth-order valence-electron chi connectivity index (χ4n) is 6.55. The van der Waals surface area contributed by atoms with E-state index >= 15 is 0 Å². The number of carbonyl (C=O) groups excluding carboxylic acids is 3. The molecule has 6 rings (SSSR count). The Morgan fingerprint density at radius 2 is 1.95 bits per heavy atom. The average Bonchev–Trinajstić information content (AvgIpc) is 3.58. The first-order chi connectivity index (χ1) is 18.6. The zero-order valence-electron chi connectivity index (χ0n) is 20.9. The van der Waals surface area contributed by atoms with Crippen LogP contribution in [0.4, 0.5) is 18.9 Å². The zero-order valence-corrected chi connectivity index (χ0v) is 22.4. The molecule has 3 aromatic rings. The number of rotatable bonds is 4. The van der Waals surface area contributed by atoms with Gasteiger partial charge >= 0.3 is 11.8 Å². The van der Waals surface area contributed by atoms with Crippen LogP contribution in [-0.2, 0) is 15.0 Å². The summed E-state index contributed by atoms with van der Waals surface area (Å²) in [6.45, 7) is -1.76. The lowest BCUT2D eigenvalue weighted by molar-refractivity contribution is -0.141. The summed E-state index contributed by atoms with van der Waals surface area (Å²) >= 11 is 3.59. The van der Waals surface area contributed by atoms with E-state index in [9.17, 15) is 27.6 Å². The fraction of sp³-hybridized carbons (Fsp3) is 0.407. The van der Waals surface area contributed by atoms with E-state index in [1.54, 1.807) is 42.6 Å². The number of piperidine rings is 1. The predicted octanol–water partition coefficient (Wildman–Crippen LogP) is 3.84. The second-order valence-electron chi connectivity index (χ2n) is 10.6. The standard InChI is InChI=1S/C27H25BrF3N5O3/c28-19-2-1-3-21-23(19)26(6-8-32-9-7-26)25(39)36(21,14-22(37)35-15-27(30,31)11-18(35)12-29)24(38)16-4-5-20-17(10-16)13-33-34-20/h1-5,10,13,18,32H,6-9,11-12,14-15H2/p+1/t18-,36?/m0/s1. The topological polar surface area (TPSA) is 95.2 Å². The summed E-state index contributed by atoms with van der Waals surface area (Å²) in [5.74, 6) is -5.23. The van der Waals surface area contributed by atoms with Crippen LogP contribution in [0, 0.1) is 0 Å². The molecular formula is C27H26BrF3N5O3+. The van der Waals surface area contributed by atoms with Crippen molar-refractivity contribution in [3.05, 3.63) is 58.2 Å². The number of nitrogens with zero attached hydrogens (tertiary/aromatic N) is 3. The van der Waals surface area contributed by atoms with Crippen LogP contribution in [0.15, 0.2) is 47.1 Å². The number of H-pyrrole nitrogens is 1. The molecule has 8 nitrogen and oxygen atoms in total. The SMILES string of the molecule is O=C(C[N+]1(C(=O)c2ccc3[nH]ncc3c2)C(=O)C2(CCNCC2)c2c(Br)cccc21)N1CC(F)(F)C[C@H]1CF. The first-order valence-corrected chi connectivity index (χ1v) is 13.6. The Morgan fingerprint density at radius 3 is 2.69 bits per heavy atom. The summed E-state index contributed by atoms with van der Waals surface area (Å²) in [6.07, 6.45) is 1.55. The number of imide groups is 1. The van der Waals surface area contributed by atoms with E-state index in [0.717, 1.165) is 4.90 Å². The average molecular weight is 605 g/mol. The van der Waals surface area contributed by atoms with Gasteiger partial charge in [0.25, 0.3) is 11.8 Å². The van der Waals surface area contributed by atoms with Gasteiger partial charge in [-0.05, 0) is 50.2 Å². The van der Waals surface area contributed by atoms with Crippen molar-refractivity contribution in [1.82, 2.24) is 24.9 Å². The van der Waals surface area contributed by atoms with Gasteiger partial charge in [-0.3, -0.25) is 9.89 Å². The highest BCUT2D eigenvalue weighted by Gasteiger charge is 2.67. The van der Waals surface area contributed by atoms with Gasteiger partial charge in [0.05, 0.1) is 29.9 Å². The molecule has 0 radical (unpaired) electrons. The molecule has 2 fully saturated rings. The number of aromatic nitrogens is 2. The molecule has 39 heavy (non-hydrogen) atoms. The minimum atomic E-state index is -3.25. The molecule has 1 unspecified atom stereocenters. The molecule has 3 aliphatic heterocycles. The largest absolute Gasteiger partial charge is 0.358 e. The highest BCUT2D eigenvalue weighted by molar-refractivity contribution is 9.10. The third-order valence-corrected chi connectivity index (χ3v) is 9.04. The van der Waals surface area contributed by atoms with Crippen LogP contribution < -0.4 is 9.80 Å². The monoisotopic (exact) mass is 604 g/mol. The lowest BCUT2D eigenvalue weighted by Crippen LogP contribution is -2.65. The van der Waals surface area contributed by atoms with Gasteiger partial charge in [-0.1, -0.05) is 22.0 Å². The number of fused-ring (bicyclic) bond motifs is 3. The summed E-state index contributed by atoms with van der Waals surface area (Å²) in [5.41, 5.74) is 0.770. The van der Waals surface area contributed by atoms with Crippen molar-refractivity contribution in [2.24, 2.45) is 0 Å². The van der Waals surface area contributed by atoms with E-state index in [2.05, 4.69) is 31.4 Å². The Labute approximate surface area is 230 Å². The highest BCUT2D eigenvalue weighted by Crippen LogP contribution is 2.54. The molecule has 1 aromatic heterocycles. The number of quaternary nitrogens is 1. The lowest BCUT2D eigenvalue weighted by Gasteiger charge is -2.35. The normalized spacial score (nSPS) is 25.4. The molecule has 2 atom stereocenters. The number of aromatic amines is 1. The molecule has 2 N–H and O–H groups in total. The summed E-state index contributed by atoms with van der Waals surface area (Å²) in [7, 11) is 0. The maximum atomic E-state index is 14.8. The third-order valence-electron chi connectivity index (χ3n) is 8.38. The number of alkyl halides is 3. The minimum Gasteiger partial charge on any atom is -0.326 e. The Morgan fingerprint density at radius 1 is 1.18 bits per heavy atom. The van der Waals surface area contributed by atoms with Crippen molar-refractivity contribution in [2.45, 2.75) is 36.6 Å². The zero-order chi connectivity index (χ0) is 27.6. The molecule has 0 aliphatic carbocycles. The Bertz CT molecular complexity index is 1500. The molecule has 3 aliphatic rings. The van der Waals surface area contributed by atoms with Gasteiger partial charge in [-0.25, -0.2) is 22.8 Å². The number of nitrogens with one attached hydrogen (secondary N) is 2. The van der Waals surface area contributed by atoms with Gasteiger partial charge in [0, 0.05) is 27.9 Å². The van der Waals surface area contributed by atoms with Crippen LogP contribution >= 0.6 is 15.9 Å². The van der Waals surface area contributed by atoms with E-state index < -0.39 is 65.8 Å². The molecule has 2 saturated heterocycles. The van der Waals surface area contributed by atoms with Crippen LogP contribution in [0.1, 0.15) is 35.2 Å². The van der Waals surface area contributed by atoms with Crippen LogP contribution in [0.2, 0.25) is 0 Å². The molecule has 0 bridgehead atoms. The maximum Gasteiger partial charge on any atom is 0.358 e. The summed E-state index contributed by atoms with van der Waals surface area (Å²) in [5, 5.41) is 10.7. The summed E-state index contributed by atoms with van der Waals surface area (Å²) in [6, 6.07) is 8.63. The molecule has 4 heterocycles. The number of halogens is 4. The number of hydrogen-bond acceptors (Lipinski definition) is 5. The van der Waals surface area contributed by atoms with Crippen molar-refractivity contribution < 1.29 is 27.6 Å². The molecule has 1 spiro atoms. The van der Waals surface area contributed by atoms with Crippen LogP contribution in [-0.4, -0.2) is 77.6 Å². The van der Waals surface area contributed by atoms with Crippen molar-refractivity contribution in [2.75, 3.05) is 32.9 Å². The maximum absolute atomic E-state index is 14.8.